The van der Waals surface area contributed by atoms with Crippen LogP contribution in [0.2, 0.25) is 0 Å². The maximum atomic E-state index is 12.7. The van der Waals surface area contributed by atoms with Gasteiger partial charge in [0.05, 0.1) is 15.1 Å². The van der Waals surface area contributed by atoms with Crippen molar-refractivity contribution in [1.29, 1.82) is 0 Å². The zero-order chi connectivity index (χ0) is 19.8. The van der Waals surface area contributed by atoms with Gasteiger partial charge in [0, 0.05) is 43.9 Å². The highest BCUT2D eigenvalue weighted by Gasteiger charge is 2.24. The van der Waals surface area contributed by atoms with Crippen molar-refractivity contribution in [3.8, 4) is 0 Å². The van der Waals surface area contributed by atoms with Gasteiger partial charge in [0.1, 0.15) is 0 Å². The Morgan fingerprint density at radius 1 is 1.07 bits per heavy atom. The lowest BCUT2D eigenvalue weighted by Crippen LogP contribution is -2.48. The number of benzene rings is 2. The van der Waals surface area contributed by atoms with Gasteiger partial charge in [-0.2, -0.15) is 0 Å². The van der Waals surface area contributed by atoms with Gasteiger partial charge in [-0.15, -0.1) is 0 Å². The van der Waals surface area contributed by atoms with Crippen LogP contribution in [0, 0.1) is 24.0 Å². The Labute approximate surface area is 166 Å². The molecule has 144 valence electrons. The molecule has 0 bridgehead atoms. The number of fused-ring (bicyclic) bond motifs is 1. The molecule has 7 nitrogen and oxygen atoms in total. The van der Waals surface area contributed by atoms with Crippen molar-refractivity contribution in [2.45, 2.75) is 13.8 Å². The second-order valence-corrected chi connectivity index (χ2v) is 7.94. The lowest BCUT2D eigenvalue weighted by molar-refractivity contribution is -0.384. The number of nitro groups is 1. The number of carbonyl (C=O) groups excluding carboxylic acids is 1. The van der Waals surface area contributed by atoms with Gasteiger partial charge in [0.2, 0.25) is 0 Å². The number of thiazole rings is 1. The number of nitrogens with zero attached hydrogens (tertiary/aromatic N) is 4. The van der Waals surface area contributed by atoms with E-state index in [9.17, 15) is 14.9 Å². The van der Waals surface area contributed by atoms with E-state index in [1.54, 1.807) is 16.2 Å². The zero-order valence-electron chi connectivity index (χ0n) is 15.7. The van der Waals surface area contributed by atoms with Gasteiger partial charge in [0.15, 0.2) is 5.13 Å². The number of aromatic nitrogens is 1. The summed E-state index contributed by atoms with van der Waals surface area (Å²) in [6.07, 6.45) is 0. The molecule has 1 fully saturated rings. The van der Waals surface area contributed by atoms with E-state index >= 15 is 0 Å². The Morgan fingerprint density at radius 3 is 2.39 bits per heavy atom. The number of anilines is 1. The number of non-ortho nitro benzene ring substituents is 1. The van der Waals surface area contributed by atoms with Crippen molar-refractivity contribution in [1.82, 2.24) is 9.88 Å². The monoisotopic (exact) mass is 396 g/mol. The fourth-order valence-corrected chi connectivity index (χ4v) is 4.44. The molecule has 0 aliphatic carbocycles. The van der Waals surface area contributed by atoms with Gasteiger partial charge in [0.25, 0.3) is 11.6 Å². The van der Waals surface area contributed by atoms with Crippen LogP contribution in [0.1, 0.15) is 21.5 Å². The van der Waals surface area contributed by atoms with Crippen molar-refractivity contribution in [2.75, 3.05) is 31.1 Å². The van der Waals surface area contributed by atoms with Crippen LogP contribution >= 0.6 is 11.3 Å². The van der Waals surface area contributed by atoms with Crippen LogP contribution in [0.4, 0.5) is 10.8 Å². The normalized spacial score (nSPS) is 14.5. The molecular weight excluding hydrogens is 376 g/mol. The molecule has 1 amide bonds. The molecule has 0 N–H and O–H groups in total. The SMILES string of the molecule is Cc1ccc2sc(N3CCN(C(=O)c4ccc([N+](=O)[O-])cc4)CC3)nc2c1C. The largest absolute Gasteiger partial charge is 0.345 e. The number of hydrogen-bond donors (Lipinski definition) is 0. The van der Waals surface area contributed by atoms with Crippen LogP contribution in [0.15, 0.2) is 36.4 Å². The first-order chi connectivity index (χ1) is 13.4. The summed E-state index contributed by atoms with van der Waals surface area (Å²) in [5.74, 6) is -0.0923. The Bertz CT molecular complexity index is 1050. The molecule has 1 aliphatic rings. The van der Waals surface area contributed by atoms with Crippen molar-refractivity contribution in [3.05, 3.63) is 63.2 Å². The van der Waals surface area contributed by atoms with Crippen molar-refractivity contribution in [3.63, 3.8) is 0 Å². The van der Waals surface area contributed by atoms with Crippen molar-refractivity contribution >= 4 is 38.3 Å². The number of hydrogen-bond acceptors (Lipinski definition) is 6. The minimum atomic E-state index is -0.464. The highest BCUT2D eigenvalue weighted by Crippen LogP contribution is 2.32. The topological polar surface area (TPSA) is 79.6 Å². The van der Waals surface area contributed by atoms with Gasteiger partial charge in [-0.3, -0.25) is 14.9 Å². The van der Waals surface area contributed by atoms with Crippen LogP contribution in [0.3, 0.4) is 0 Å². The lowest BCUT2D eigenvalue weighted by atomic mass is 10.1. The first kappa shape index (κ1) is 18.4. The highest BCUT2D eigenvalue weighted by atomic mass is 32.1. The second kappa shape index (κ2) is 7.20. The van der Waals surface area contributed by atoms with E-state index in [1.165, 1.54) is 40.1 Å². The van der Waals surface area contributed by atoms with E-state index in [-0.39, 0.29) is 11.6 Å². The summed E-state index contributed by atoms with van der Waals surface area (Å²) in [5.41, 5.74) is 3.98. The van der Waals surface area contributed by atoms with Crippen LogP contribution in [-0.4, -0.2) is 46.9 Å². The summed E-state index contributed by atoms with van der Waals surface area (Å²) < 4.78 is 1.18. The quantitative estimate of drug-likeness (QED) is 0.497. The second-order valence-electron chi connectivity index (χ2n) is 6.93. The third kappa shape index (κ3) is 3.31. The van der Waals surface area contributed by atoms with E-state index in [2.05, 4.69) is 30.9 Å². The van der Waals surface area contributed by atoms with Gasteiger partial charge in [-0.05, 0) is 43.2 Å². The third-order valence-corrected chi connectivity index (χ3v) is 6.32. The molecule has 3 aromatic rings. The van der Waals surface area contributed by atoms with Crippen LogP contribution < -0.4 is 4.90 Å². The number of carbonyl (C=O) groups is 1. The molecule has 0 saturated carbocycles. The van der Waals surface area contributed by atoms with Gasteiger partial charge < -0.3 is 9.80 Å². The van der Waals surface area contributed by atoms with Gasteiger partial charge in [-0.1, -0.05) is 17.4 Å². The molecule has 2 aromatic carbocycles. The lowest BCUT2D eigenvalue weighted by Gasteiger charge is -2.34. The maximum Gasteiger partial charge on any atom is 0.269 e. The van der Waals surface area contributed by atoms with Crippen LogP contribution in [0.5, 0.6) is 0 Å². The molecular formula is C20H20N4O3S. The third-order valence-electron chi connectivity index (χ3n) is 5.24. The summed E-state index contributed by atoms with van der Waals surface area (Å²) in [4.78, 5) is 31.8. The Balaban J connectivity index is 1.45. The molecule has 0 radical (unpaired) electrons. The number of piperazine rings is 1. The first-order valence-corrected chi connectivity index (χ1v) is 9.91. The Kier molecular flexibility index (Phi) is 4.72. The summed E-state index contributed by atoms with van der Waals surface area (Å²) in [6, 6.07) is 10.0. The molecule has 8 heteroatoms. The van der Waals surface area contributed by atoms with E-state index in [1.807, 2.05) is 0 Å². The van der Waals surface area contributed by atoms with E-state index in [0.29, 0.717) is 18.7 Å². The summed E-state index contributed by atoms with van der Waals surface area (Å²) in [7, 11) is 0. The van der Waals surface area contributed by atoms with Crippen molar-refractivity contribution < 1.29 is 9.72 Å². The number of rotatable bonds is 3. The van der Waals surface area contributed by atoms with Gasteiger partial charge in [-0.25, -0.2) is 4.98 Å². The fraction of sp³-hybridized carbons (Fsp3) is 0.300. The number of aryl methyl sites for hydroxylation is 2. The molecule has 28 heavy (non-hydrogen) atoms. The fourth-order valence-electron chi connectivity index (χ4n) is 3.36. The average Bonchev–Trinajstić information content (AvgIpc) is 3.15. The molecule has 0 spiro atoms. The molecule has 0 unspecified atom stereocenters. The molecule has 2 heterocycles. The van der Waals surface area contributed by atoms with Gasteiger partial charge >= 0.3 is 0 Å². The number of amides is 1. The molecule has 1 aliphatic heterocycles. The standard InChI is InChI=1S/C20H20N4O3S/c1-13-3-8-17-18(14(13)2)21-20(28-17)23-11-9-22(10-12-23)19(25)15-4-6-16(7-5-15)24(26)27/h3-8H,9-12H2,1-2H3. The summed E-state index contributed by atoms with van der Waals surface area (Å²) in [6.45, 7) is 6.83. The van der Waals surface area contributed by atoms with Crippen LogP contribution in [0.25, 0.3) is 10.2 Å². The van der Waals surface area contributed by atoms with Crippen LogP contribution in [-0.2, 0) is 0 Å². The number of nitro benzene ring substituents is 1. The minimum Gasteiger partial charge on any atom is -0.345 e. The average molecular weight is 396 g/mol. The van der Waals surface area contributed by atoms with Crippen molar-refractivity contribution in [2.24, 2.45) is 0 Å². The molecule has 0 atom stereocenters. The molecule has 1 saturated heterocycles. The zero-order valence-corrected chi connectivity index (χ0v) is 16.5. The molecule has 4 rings (SSSR count). The Morgan fingerprint density at radius 2 is 1.75 bits per heavy atom. The predicted octanol–water partition coefficient (Wildman–Crippen LogP) is 3.78. The highest BCUT2D eigenvalue weighted by molar-refractivity contribution is 7.22. The van der Waals surface area contributed by atoms with E-state index in [4.69, 9.17) is 4.98 Å². The van der Waals surface area contributed by atoms with E-state index < -0.39 is 4.92 Å². The Hall–Kier alpha value is -3.00. The minimum absolute atomic E-state index is 0.0114. The maximum absolute atomic E-state index is 12.7. The molecule has 1 aromatic heterocycles. The summed E-state index contributed by atoms with van der Waals surface area (Å²) >= 11 is 1.68. The first-order valence-electron chi connectivity index (χ1n) is 9.09. The van der Waals surface area contributed by atoms with E-state index in [0.717, 1.165) is 23.7 Å². The predicted molar refractivity (Wildman–Crippen MR) is 110 cm³/mol. The summed E-state index contributed by atoms with van der Waals surface area (Å²) in [5, 5.41) is 11.8. The smallest absolute Gasteiger partial charge is 0.269 e.